The number of hydrogen-bond donors (Lipinski definition) is 1. The summed E-state index contributed by atoms with van der Waals surface area (Å²) in [6, 6.07) is 17.4. The highest BCUT2D eigenvalue weighted by molar-refractivity contribution is 6.88. The van der Waals surface area contributed by atoms with Gasteiger partial charge in [0, 0.05) is 17.6 Å². The largest absolute Gasteiger partial charge is 0.306 e. The Morgan fingerprint density at radius 3 is 2.29 bits per heavy atom. The SMILES string of the molecule is C[C@H](NCc1ccc([Si](C)(C)C)cc1)c1cccc(Cl)c1. The van der Waals surface area contributed by atoms with Crippen LogP contribution in [0.2, 0.25) is 24.7 Å². The van der Waals surface area contributed by atoms with E-state index in [1.54, 1.807) is 0 Å². The molecule has 0 unspecified atom stereocenters. The van der Waals surface area contributed by atoms with Crippen LogP contribution in [0.1, 0.15) is 24.1 Å². The van der Waals surface area contributed by atoms with Crippen LogP contribution in [0, 0.1) is 0 Å². The predicted octanol–water partition coefficient (Wildman–Crippen LogP) is 4.74. The van der Waals surface area contributed by atoms with Gasteiger partial charge in [-0.2, -0.15) is 0 Å². The molecule has 0 bridgehead atoms. The Morgan fingerprint density at radius 1 is 1.05 bits per heavy atom. The van der Waals surface area contributed by atoms with Crippen molar-refractivity contribution in [3.05, 3.63) is 64.7 Å². The van der Waals surface area contributed by atoms with Gasteiger partial charge in [0.2, 0.25) is 0 Å². The maximum atomic E-state index is 6.04. The standard InChI is InChI=1S/C18H24ClNSi/c1-14(16-6-5-7-17(19)12-16)20-13-15-8-10-18(11-9-15)21(2,3)4/h5-12,14,20H,13H2,1-4H3/t14-/m0/s1. The minimum atomic E-state index is -1.20. The third-order valence-electron chi connectivity index (χ3n) is 3.78. The van der Waals surface area contributed by atoms with Crippen LogP contribution in [0.15, 0.2) is 48.5 Å². The van der Waals surface area contributed by atoms with Crippen LogP contribution in [-0.4, -0.2) is 8.07 Å². The van der Waals surface area contributed by atoms with E-state index >= 15 is 0 Å². The van der Waals surface area contributed by atoms with Gasteiger partial charge in [-0.05, 0) is 30.2 Å². The van der Waals surface area contributed by atoms with Crippen LogP contribution >= 0.6 is 11.6 Å². The molecule has 0 radical (unpaired) electrons. The fourth-order valence-corrected chi connectivity index (χ4v) is 3.65. The molecule has 0 spiro atoms. The van der Waals surface area contributed by atoms with Gasteiger partial charge in [-0.3, -0.25) is 0 Å². The normalized spacial score (nSPS) is 13.2. The molecule has 0 fully saturated rings. The molecule has 1 atom stereocenters. The van der Waals surface area contributed by atoms with Crippen molar-refractivity contribution in [3.8, 4) is 0 Å². The van der Waals surface area contributed by atoms with Crippen molar-refractivity contribution in [2.45, 2.75) is 39.2 Å². The van der Waals surface area contributed by atoms with Gasteiger partial charge >= 0.3 is 0 Å². The lowest BCUT2D eigenvalue weighted by atomic mass is 10.1. The molecule has 3 heteroatoms. The zero-order chi connectivity index (χ0) is 15.5. The van der Waals surface area contributed by atoms with Crippen molar-refractivity contribution in [1.29, 1.82) is 0 Å². The fraction of sp³-hybridized carbons (Fsp3) is 0.333. The minimum Gasteiger partial charge on any atom is -0.306 e. The molecule has 2 aromatic carbocycles. The number of benzene rings is 2. The number of rotatable bonds is 5. The second-order valence-electron chi connectivity index (χ2n) is 6.60. The molecule has 0 saturated heterocycles. The maximum Gasteiger partial charge on any atom is 0.0775 e. The van der Waals surface area contributed by atoms with Crippen molar-refractivity contribution in [2.75, 3.05) is 0 Å². The molecule has 112 valence electrons. The second-order valence-corrected chi connectivity index (χ2v) is 12.1. The second kappa shape index (κ2) is 6.78. The lowest BCUT2D eigenvalue weighted by molar-refractivity contribution is 0.575. The van der Waals surface area contributed by atoms with Gasteiger partial charge in [-0.15, -0.1) is 0 Å². The van der Waals surface area contributed by atoms with Gasteiger partial charge in [0.1, 0.15) is 0 Å². The zero-order valence-electron chi connectivity index (χ0n) is 13.3. The highest BCUT2D eigenvalue weighted by atomic mass is 35.5. The van der Waals surface area contributed by atoms with E-state index in [2.05, 4.69) is 62.2 Å². The zero-order valence-corrected chi connectivity index (χ0v) is 15.0. The quantitative estimate of drug-likeness (QED) is 0.786. The number of hydrogen-bond acceptors (Lipinski definition) is 1. The molecule has 0 saturated carbocycles. The average molecular weight is 318 g/mol. The van der Waals surface area contributed by atoms with Gasteiger partial charge in [0.25, 0.3) is 0 Å². The molecule has 0 heterocycles. The third-order valence-corrected chi connectivity index (χ3v) is 6.08. The molecule has 1 N–H and O–H groups in total. The summed E-state index contributed by atoms with van der Waals surface area (Å²) < 4.78 is 0. The van der Waals surface area contributed by atoms with Crippen LogP contribution in [0.5, 0.6) is 0 Å². The van der Waals surface area contributed by atoms with Gasteiger partial charge < -0.3 is 5.32 Å². The molecule has 2 rings (SSSR count). The van der Waals surface area contributed by atoms with Crippen molar-refractivity contribution in [3.63, 3.8) is 0 Å². The summed E-state index contributed by atoms with van der Waals surface area (Å²) >= 11 is 6.04. The topological polar surface area (TPSA) is 12.0 Å². The van der Waals surface area contributed by atoms with Gasteiger partial charge in [0.15, 0.2) is 0 Å². The van der Waals surface area contributed by atoms with E-state index in [1.165, 1.54) is 16.3 Å². The Hall–Kier alpha value is -1.09. The molecule has 21 heavy (non-hydrogen) atoms. The average Bonchev–Trinajstić information content (AvgIpc) is 2.44. The van der Waals surface area contributed by atoms with Gasteiger partial charge in [-0.1, -0.05) is 72.8 Å². The van der Waals surface area contributed by atoms with Crippen molar-refractivity contribution in [2.24, 2.45) is 0 Å². The fourth-order valence-electron chi connectivity index (χ4n) is 2.29. The summed E-state index contributed by atoms with van der Waals surface area (Å²) in [5.41, 5.74) is 2.55. The highest BCUT2D eigenvalue weighted by Gasteiger charge is 2.15. The molecule has 0 amide bonds. The minimum absolute atomic E-state index is 0.292. The van der Waals surface area contributed by atoms with Gasteiger partial charge in [0.05, 0.1) is 8.07 Å². The Kier molecular flexibility index (Phi) is 5.25. The lowest BCUT2D eigenvalue weighted by Crippen LogP contribution is -2.37. The number of nitrogens with one attached hydrogen (secondary N) is 1. The first-order chi connectivity index (χ1) is 9.86. The van der Waals surface area contributed by atoms with Crippen LogP contribution in [0.25, 0.3) is 0 Å². The van der Waals surface area contributed by atoms with E-state index in [4.69, 9.17) is 11.6 Å². The van der Waals surface area contributed by atoms with Crippen molar-refractivity contribution in [1.82, 2.24) is 5.32 Å². The summed E-state index contributed by atoms with van der Waals surface area (Å²) in [6.07, 6.45) is 0. The predicted molar refractivity (Wildman–Crippen MR) is 96.1 cm³/mol. The molecule has 0 aliphatic carbocycles. The van der Waals surface area contributed by atoms with Crippen LogP contribution in [0.4, 0.5) is 0 Å². The maximum absolute atomic E-state index is 6.04. The monoisotopic (exact) mass is 317 g/mol. The summed E-state index contributed by atoms with van der Waals surface area (Å²) in [7, 11) is -1.20. The van der Waals surface area contributed by atoms with Crippen LogP contribution in [-0.2, 0) is 6.54 Å². The van der Waals surface area contributed by atoms with Crippen LogP contribution < -0.4 is 10.5 Å². The Labute approximate surface area is 134 Å². The van der Waals surface area contributed by atoms with Crippen molar-refractivity contribution >= 4 is 24.9 Å². The smallest absolute Gasteiger partial charge is 0.0775 e. The molecule has 0 aliphatic rings. The summed E-state index contributed by atoms with van der Waals surface area (Å²) in [5.74, 6) is 0. The summed E-state index contributed by atoms with van der Waals surface area (Å²) in [4.78, 5) is 0. The Balaban J connectivity index is 1.97. The molecular formula is C18H24ClNSi. The summed E-state index contributed by atoms with van der Waals surface area (Å²) in [6.45, 7) is 10.2. The molecule has 2 aromatic rings. The lowest BCUT2D eigenvalue weighted by Gasteiger charge is -2.18. The Morgan fingerprint density at radius 2 is 1.71 bits per heavy atom. The first-order valence-corrected chi connectivity index (χ1v) is 11.3. The van der Waals surface area contributed by atoms with Gasteiger partial charge in [-0.25, -0.2) is 0 Å². The molecule has 1 nitrogen and oxygen atoms in total. The van der Waals surface area contributed by atoms with Crippen molar-refractivity contribution < 1.29 is 0 Å². The van der Waals surface area contributed by atoms with E-state index in [0.29, 0.717) is 6.04 Å². The van der Waals surface area contributed by atoms with E-state index in [1.807, 2.05) is 18.2 Å². The summed E-state index contributed by atoms with van der Waals surface area (Å²) in [5, 5.41) is 5.85. The van der Waals surface area contributed by atoms with Crippen LogP contribution in [0.3, 0.4) is 0 Å². The molecular weight excluding hydrogens is 294 g/mol. The molecule has 0 aliphatic heterocycles. The third kappa shape index (κ3) is 4.70. The van der Waals surface area contributed by atoms with E-state index in [9.17, 15) is 0 Å². The first kappa shape index (κ1) is 16.3. The molecule has 0 aromatic heterocycles. The van der Waals surface area contributed by atoms with E-state index in [-0.39, 0.29) is 0 Å². The number of halogens is 1. The van der Waals surface area contributed by atoms with E-state index in [0.717, 1.165) is 11.6 Å². The first-order valence-electron chi connectivity index (χ1n) is 7.44. The highest BCUT2D eigenvalue weighted by Crippen LogP contribution is 2.17. The van der Waals surface area contributed by atoms with E-state index < -0.39 is 8.07 Å². The Bertz CT molecular complexity index is 587.